The second-order valence-corrected chi connectivity index (χ2v) is 13.7. The zero-order chi connectivity index (χ0) is 39.3. The Bertz CT molecular complexity index is 1650. The van der Waals surface area contributed by atoms with Gasteiger partial charge < -0.3 is 34.7 Å². The molecule has 1 unspecified atom stereocenters. The quantitative estimate of drug-likeness (QED) is 0.135. The van der Waals surface area contributed by atoms with Crippen molar-refractivity contribution >= 4 is 23.8 Å². The van der Waals surface area contributed by atoms with Crippen LogP contribution in [0.25, 0.3) is 0 Å². The van der Waals surface area contributed by atoms with E-state index in [1.807, 2.05) is 36.4 Å². The SMILES string of the molecule is CC[C@H]1O[C@H](C(F)(F)CC(NC(=O)OCc2ccccc2)C(=O)C[C@@H](C)C(=O)N[C@@H](C)C(=O)OCc2ccccc2)[C@H](O)[C@@H](OCc2ccccc2)[C@H]1C. The van der Waals surface area contributed by atoms with Crippen molar-refractivity contribution in [2.45, 2.75) is 109 Å². The number of ether oxygens (including phenoxy) is 4. The molecule has 8 atom stereocenters. The molecule has 11 nitrogen and oxygen atoms in total. The lowest BCUT2D eigenvalue weighted by molar-refractivity contribution is -0.273. The third kappa shape index (κ3) is 12.2. The fourth-order valence-electron chi connectivity index (χ4n) is 6.27. The first-order chi connectivity index (χ1) is 25.8. The van der Waals surface area contributed by atoms with E-state index in [-0.39, 0.29) is 19.8 Å². The van der Waals surface area contributed by atoms with Crippen molar-refractivity contribution in [2.24, 2.45) is 11.8 Å². The van der Waals surface area contributed by atoms with Crippen LogP contribution < -0.4 is 10.6 Å². The number of halogens is 2. The van der Waals surface area contributed by atoms with Crippen LogP contribution >= 0.6 is 0 Å². The second-order valence-electron chi connectivity index (χ2n) is 13.7. The molecule has 1 fully saturated rings. The molecule has 0 radical (unpaired) electrons. The van der Waals surface area contributed by atoms with Crippen molar-refractivity contribution in [3.8, 4) is 0 Å². The number of alkyl carbamates (subject to hydrolysis) is 1. The van der Waals surface area contributed by atoms with E-state index in [4.69, 9.17) is 18.9 Å². The van der Waals surface area contributed by atoms with Gasteiger partial charge in [0.1, 0.15) is 31.5 Å². The molecule has 0 aliphatic carbocycles. The van der Waals surface area contributed by atoms with Crippen LogP contribution in [0.15, 0.2) is 91.0 Å². The summed E-state index contributed by atoms with van der Waals surface area (Å²) >= 11 is 0. The second kappa shape index (κ2) is 20.1. The molecule has 2 amide bonds. The number of alkyl halides is 2. The van der Waals surface area contributed by atoms with Gasteiger partial charge >= 0.3 is 12.1 Å². The molecule has 0 saturated carbocycles. The first-order valence-corrected chi connectivity index (χ1v) is 18.2. The number of aliphatic hydroxyl groups is 1. The monoisotopic (exact) mass is 752 g/mol. The number of ketones is 1. The third-order valence-electron chi connectivity index (χ3n) is 9.44. The Labute approximate surface area is 314 Å². The van der Waals surface area contributed by atoms with Crippen LogP contribution in [0.5, 0.6) is 0 Å². The molecule has 54 heavy (non-hydrogen) atoms. The third-order valence-corrected chi connectivity index (χ3v) is 9.44. The number of hydrogen-bond acceptors (Lipinski definition) is 9. The Hall–Kier alpha value is -4.72. The van der Waals surface area contributed by atoms with Gasteiger partial charge in [-0.05, 0) is 30.0 Å². The summed E-state index contributed by atoms with van der Waals surface area (Å²) in [5, 5.41) is 16.1. The minimum absolute atomic E-state index is 0.00687. The number of hydrogen-bond donors (Lipinski definition) is 3. The van der Waals surface area contributed by atoms with Crippen LogP contribution in [0.3, 0.4) is 0 Å². The molecular formula is C41H50F2N2O9. The van der Waals surface area contributed by atoms with E-state index in [1.54, 1.807) is 68.4 Å². The number of rotatable bonds is 18. The summed E-state index contributed by atoms with van der Waals surface area (Å²) in [4.78, 5) is 52.2. The van der Waals surface area contributed by atoms with E-state index in [1.165, 1.54) is 13.8 Å². The maximum Gasteiger partial charge on any atom is 0.408 e. The molecule has 3 aromatic rings. The van der Waals surface area contributed by atoms with E-state index in [0.29, 0.717) is 12.0 Å². The molecule has 1 aliphatic rings. The molecule has 292 valence electrons. The number of esters is 1. The summed E-state index contributed by atoms with van der Waals surface area (Å²) in [5.74, 6) is -7.69. The number of Topliss-reactive ketones (excluding diaryl/α,β-unsaturated/α-hetero) is 1. The number of carbonyl (C=O) groups is 4. The van der Waals surface area contributed by atoms with Gasteiger partial charge in [-0.25, -0.2) is 18.4 Å². The van der Waals surface area contributed by atoms with Gasteiger partial charge in [0.2, 0.25) is 5.91 Å². The Morgan fingerprint density at radius 1 is 0.815 bits per heavy atom. The first-order valence-electron chi connectivity index (χ1n) is 18.2. The van der Waals surface area contributed by atoms with Crippen molar-refractivity contribution < 1.29 is 52.0 Å². The number of carbonyl (C=O) groups excluding carboxylic acids is 4. The number of amides is 2. The highest BCUT2D eigenvalue weighted by Gasteiger charge is 2.55. The Balaban J connectivity index is 1.45. The predicted octanol–water partition coefficient (Wildman–Crippen LogP) is 5.91. The van der Waals surface area contributed by atoms with Crippen LogP contribution in [-0.2, 0) is 53.2 Å². The van der Waals surface area contributed by atoms with E-state index < -0.39 is 90.9 Å². The van der Waals surface area contributed by atoms with E-state index in [2.05, 4.69) is 10.6 Å². The van der Waals surface area contributed by atoms with Gasteiger partial charge in [0.25, 0.3) is 5.92 Å². The average molecular weight is 753 g/mol. The molecule has 4 rings (SSSR count). The van der Waals surface area contributed by atoms with Gasteiger partial charge in [0.15, 0.2) is 5.78 Å². The van der Waals surface area contributed by atoms with Gasteiger partial charge in [-0.2, -0.15) is 0 Å². The van der Waals surface area contributed by atoms with Crippen molar-refractivity contribution in [1.29, 1.82) is 0 Å². The molecular weight excluding hydrogens is 702 g/mol. The Morgan fingerprint density at radius 2 is 1.33 bits per heavy atom. The minimum atomic E-state index is -3.86. The zero-order valence-corrected chi connectivity index (χ0v) is 31.0. The van der Waals surface area contributed by atoms with Crippen molar-refractivity contribution in [3.63, 3.8) is 0 Å². The molecule has 0 bridgehead atoms. The van der Waals surface area contributed by atoms with Crippen molar-refractivity contribution in [1.82, 2.24) is 10.6 Å². The first kappa shape index (κ1) is 42.0. The van der Waals surface area contributed by atoms with Gasteiger partial charge in [0.05, 0.1) is 24.9 Å². The molecule has 1 heterocycles. The Kier molecular flexibility index (Phi) is 15.6. The summed E-state index contributed by atoms with van der Waals surface area (Å²) < 4.78 is 55.1. The maximum absolute atomic E-state index is 16.4. The molecule has 0 spiro atoms. The lowest BCUT2D eigenvalue weighted by Crippen LogP contribution is -2.61. The number of benzene rings is 3. The Morgan fingerprint density at radius 3 is 1.87 bits per heavy atom. The molecule has 3 aromatic carbocycles. The standard InChI is InChI=1S/C41H50F2N2O9/c1-5-34-27(3)36(51-23-29-15-9-6-10-16-29)35(47)37(54-34)41(42,43)22-32(45-40(50)53-25-31-19-13-8-14-20-31)33(46)21-26(2)38(48)44-28(4)39(49)52-24-30-17-11-7-12-18-30/h6-20,26-28,32,34-37,47H,5,21-25H2,1-4H3,(H,44,48)(H,45,50)/t26-,27+,28+,32?,34-,35-,36+,37+/m1/s1. The topological polar surface area (TPSA) is 149 Å². The van der Waals surface area contributed by atoms with Crippen LogP contribution in [0, 0.1) is 11.8 Å². The van der Waals surface area contributed by atoms with Gasteiger partial charge in [-0.15, -0.1) is 0 Å². The fraction of sp³-hybridized carbons (Fsp3) is 0.463. The molecule has 1 saturated heterocycles. The van der Waals surface area contributed by atoms with Gasteiger partial charge in [-0.1, -0.05) is 112 Å². The molecule has 3 N–H and O–H groups in total. The highest BCUT2D eigenvalue weighted by atomic mass is 19.3. The summed E-state index contributed by atoms with van der Waals surface area (Å²) in [5.41, 5.74) is 2.17. The molecule has 13 heteroatoms. The van der Waals surface area contributed by atoms with E-state index in [9.17, 15) is 24.3 Å². The lowest BCUT2D eigenvalue weighted by atomic mass is 9.83. The summed E-state index contributed by atoms with van der Waals surface area (Å²) in [7, 11) is 0. The zero-order valence-electron chi connectivity index (χ0n) is 31.0. The summed E-state index contributed by atoms with van der Waals surface area (Å²) in [6.45, 7) is 6.22. The van der Waals surface area contributed by atoms with Crippen molar-refractivity contribution in [3.05, 3.63) is 108 Å². The van der Waals surface area contributed by atoms with E-state index in [0.717, 1.165) is 11.1 Å². The van der Waals surface area contributed by atoms with Gasteiger partial charge in [0, 0.05) is 24.7 Å². The summed E-state index contributed by atoms with van der Waals surface area (Å²) in [6.07, 6.45) is -8.20. The number of nitrogens with one attached hydrogen (secondary N) is 2. The van der Waals surface area contributed by atoms with E-state index >= 15 is 8.78 Å². The minimum Gasteiger partial charge on any atom is -0.459 e. The number of aliphatic hydroxyl groups excluding tert-OH is 1. The largest absolute Gasteiger partial charge is 0.459 e. The fourth-order valence-corrected chi connectivity index (χ4v) is 6.27. The van der Waals surface area contributed by atoms with Crippen molar-refractivity contribution in [2.75, 3.05) is 0 Å². The highest BCUT2D eigenvalue weighted by molar-refractivity contribution is 5.92. The van der Waals surface area contributed by atoms with Crippen LogP contribution in [0.1, 0.15) is 63.6 Å². The van der Waals surface area contributed by atoms with Crippen LogP contribution in [0.4, 0.5) is 13.6 Å². The predicted molar refractivity (Wildman–Crippen MR) is 195 cm³/mol. The van der Waals surface area contributed by atoms with Crippen LogP contribution in [-0.4, -0.2) is 71.3 Å². The highest BCUT2D eigenvalue weighted by Crippen LogP contribution is 2.39. The average Bonchev–Trinajstić information content (AvgIpc) is 3.16. The maximum atomic E-state index is 16.4. The van der Waals surface area contributed by atoms with Gasteiger partial charge in [-0.3, -0.25) is 9.59 Å². The smallest absolute Gasteiger partial charge is 0.408 e. The molecule has 1 aliphatic heterocycles. The lowest BCUT2D eigenvalue weighted by Gasteiger charge is -2.46. The van der Waals surface area contributed by atoms with Crippen LogP contribution in [0.2, 0.25) is 0 Å². The normalized spacial score (nSPS) is 21.6. The molecule has 0 aromatic heterocycles. The summed E-state index contributed by atoms with van der Waals surface area (Å²) in [6, 6.07) is 23.8.